The van der Waals surface area contributed by atoms with Gasteiger partial charge < -0.3 is 15.5 Å². The van der Waals surface area contributed by atoms with Gasteiger partial charge in [-0.1, -0.05) is 6.07 Å². The van der Waals surface area contributed by atoms with E-state index in [4.69, 9.17) is 0 Å². The van der Waals surface area contributed by atoms with Crippen molar-refractivity contribution in [3.05, 3.63) is 24.4 Å². The molecule has 1 unspecified atom stereocenters. The summed E-state index contributed by atoms with van der Waals surface area (Å²) in [6.45, 7) is 3.12. The van der Waals surface area contributed by atoms with Crippen molar-refractivity contribution in [2.45, 2.75) is 18.9 Å². The van der Waals surface area contributed by atoms with Crippen LogP contribution in [-0.4, -0.2) is 74.7 Å². The molecule has 3 heterocycles. The summed E-state index contributed by atoms with van der Waals surface area (Å²) in [5, 5.41) is 5.83. The van der Waals surface area contributed by atoms with Gasteiger partial charge in [-0.15, -0.1) is 24.8 Å². The van der Waals surface area contributed by atoms with Crippen LogP contribution in [0.4, 0.5) is 5.82 Å². The molecule has 0 bridgehead atoms. The van der Waals surface area contributed by atoms with Crippen LogP contribution in [0.2, 0.25) is 0 Å². The molecule has 154 valence electrons. The Balaban J connectivity index is 0.00000182. The number of anilines is 1. The second-order valence-electron chi connectivity index (χ2n) is 6.33. The van der Waals surface area contributed by atoms with Crippen LogP contribution >= 0.6 is 24.8 Å². The smallest absolute Gasteiger partial charge is 0.237 e. The molecule has 0 saturated carbocycles. The van der Waals surface area contributed by atoms with E-state index in [0.29, 0.717) is 26.2 Å². The van der Waals surface area contributed by atoms with E-state index in [0.717, 1.165) is 25.2 Å². The van der Waals surface area contributed by atoms with Crippen molar-refractivity contribution in [3.8, 4) is 0 Å². The first-order valence-corrected chi connectivity index (χ1v) is 10.3. The second-order valence-corrected chi connectivity index (χ2v) is 8.42. The largest absolute Gasteiger partial charge is 0.354 e. The molecule has 2 N–H and O–H groups in total. The Morgan fingerprint density at radius 2 is 1.96 bits per heavy atom. The number of rotatable bonds is 6. The Morgan fingerprint density at radius 1 is 1.22 bits per heavy atom. The van der Waals surface area contributed by atoms with Gasteiger partial charge in [0.25, 0.3) is 0 Å². The number of nitrogens with zero attached hydrogens (tertiary/aromatic N) is 3. The zero-order valence-electron chi connectivity index (χ0n) is 15.0. The molecule has 0 aliphatic carbocycles. The summed E-state index contributed by atoms with van der Waals surface area (Å²) in [6, 6.07) is 5.54. The molecule has 1 atom stereocenters. The molecule has 3 rings (SSSR count). The Bertz CT molecular complexity index is 679. The van der Waals surface area contributed by atoms with Crippen LogP contribution in [0.3, 0.4) is 0 Å². The number of hydrogen-bond acceptors (Lipinski definition) is 6. The minimum Gasteiger partial charge on any atom is -0.354 e. The van der Waals surface area contributed by atoms with E-state index in [1.54, 1.807) is 6.20 Å². The molecule has 2 fully saturated rings. The lowest BCUT2D eigenvalue weighted by Crippen LogP contribution is -2.50. The van der Waals surface area contributed by atoms with Crippen molar-refractivity contribution in [1.29, 1.82) is 0 Å². The van der Waals surface area contributed by atoms with Gasteiger partial charge in [0, 0.05) is 38.9 Å². The molecule has 2 aliphatic heterocycles. The van der Waals surface area contributed by atoms with E-state index in [1.807, 2.05) is 18.2 Å². The summed E-state index contributed by atoms with van der Waals surface area (Å²) >= 11 is 0. The lowest BCUT2D eigenvalue weighted by Gasteiger charge is -2.34. The van der Waals surface area contributed by atoms with Crippen molar-refractivity contribution in [3.63, 3.8) is 0 Å². The van der Waals surface area contributed by atoms with Gasteiger partial charge in [0.15, 0.2) is 0 Å². The highest BCUT2D eigenvalue weighted by molar-refractivity contribution is 7.89. The zero-order valence-corrected chi connectivity index (χ0v) is 17.5. The third kappa shape index (κ3) is 6.46. The first-order valence-electron chi connectivity index (χ1n) is 8.71. The SMILES string of the molecule is Cl.Cl.O=C(NCCS(=O)(=O)N1CCN(c2ccccn2)CC1)C1CCCN1. The summed E-state index contributed by atoms with van der Waals surface area (Å²) in [4.78, 5) is 18.3. The molecule has 1 aromatic rings. The van der Waals surface area contributed by atoms with E-state index in [1.165, 1.54) is 4.31 Å². The average Bonchev–Trinajstić information content (AvgIpc) is 3.17. The fourth-order valence-electron chi connectivity index (χ4n) is 3.20. The van der Waals surface area contributed by atoms with Gasteiger partial charge >= 0.3 is 0 Å². The van der Waals surface area contributed by atoms with Crippen molar-refractivity contribution in [2.75, 3.05) is 49.9 Å². The van der Waals surface area contributed by atoms with E-state index in [2.05, 4.69) is 20.5 Å². The Labute approximate surface area is 173 Å². The van der Waals surface area contributed by atoms with Crippen molar-refractivity contribution in [1.82, 2.24) is 19.9 Å². The van der Waals surface area contributed by atoms with E-state index in [9.17, 15) is 13.2 Å². The molecule has 11 heteroatoms. The van der Waals surface area contributed by atoms with E-state index >= 15 is 0 Å². The Hall–Kier alpha value is -1.13. The molecule has 1 aromatic heterocycles. The number of hydrogen-bond donors (Lipinski definition) is 2. The lowest BCUT2D eigenvalue weighted by atomic mass is 10.2. The van der Waals surface area contributed by atoms with E-state index < -0.39 is 10.0 Å². The van der Waals surface area contributed by atoms with Gasteiger partial charge in [0.2, 0.25) is 15.9 Å². The van der Waals surface area contributed by atoms with Crippen LogP contribution in [-0.2, 0) is 14.8 Å². The van der Waals surface area contributed by atoms with Gasteiger partial charge in [-0.05, 0) is 31.5 Å². The number of nitrogens with one attached hydrogen (secondary N) is 2. The number of pyridine rings is 1. The predicted molar refractivity (Wildman–Crippen MR) is 110 cm³/mol. The Kier molecular flexibility index (Phi) is 9.75. The van der Waals surface area contributed by atoms with Crippen molar-refractivity contribution < 1.29 is 13.2 Å². The summed E-state index contributed by atoms with van der Waals surface area (Å²) in [7, 11) is -3.36. The normalized spacial score (nSPS) is 20.4. The van der Waals surface area contributed by atoms with Gasteiger partial charge in [-0.25, -0.2) is 13.4 Å². The zero-order chi connectivity index (χ0) is 17.7. The fourth-order valence-corrected chi connectivity index (χ4v) is 4.54. The number of sulfonamides is 1. The number of amides is 1. The van der Waals surface area contributed by atoms with Crippen molar-refractivity contribution in [2.24, 2.45) is 0 Å². The molecule has 1 amide bonds. The number of aromatic nitrogens is 1. The number of piperazine rings is 1. The topological polar surface area (TPSA) is 94.6 Å². The number of halogens is 2. The average molecular weight is 440 g/mol. The predicted octanol–water partition coefficient (Wildman–Crippen LogP) is 0.245. The fraction of sp³-hybridized carbons (Fsp3) is 0.625. The highest BCUT2D eigenvalue weighted by Gasteiger charge is 2.28. The standard InChI is InChI=1S/C16H25N5O3S.2ClH/c22-16(14-4-3-7-17-14)19-8-13-25(23,24)21-11-9-20(10-12-21)15-5-1-2-6-18-15;;/h1-2,5-6,14,17H,3-4,7-13H2,(H,19,22);2*1H. The van der Waals surface area contributed by atoms with Crippen LogP contribution < -0.4 is 15.5 Å². The highest BCUT2D eigenvalue weighted by Crippen LogP contribution is 2.14. The molecule has 2 saturated heterocycles. The third-order valence-electron chi connectivity index (χ3n) is 4.64. The molecule has 27 heavy (non-hydrogen) atoms. The minimum atomic E-state index is -3.36. The van der Waals surface area contributed by atoms with Crippen LogP contribution in [0, 0.1) is 0 Å². The quantitative estimate of drug-likeness (QED) is 0.659. The number of carbonyl (C=O) groups is 1. The highest BCUT2D eigenvalue weighted by atomic mass is 35.5. The third-order valence-corrected chi connectivity index (χ3v) is 6.51. The summed E-state index contributed by atoms with van der Waals surface area (Å²) < 4.78 is 26.4. The lowest BCUT2D eigenvalue weighted by molar-refractivity contribution is -0.122. The van der Waals surface area contributed by atoms with E-state index in [-0.39, 0.29) is 49.1 Å². The summed E-state index contributed by atoms with van der Waals surface area (Å²) in [5.74, 6) is 0.707. The first kappa shape index (κ1) is 23.9. The Morgan fingerprint density at radius 3 is 2.56 bits per heavy atom. The molecule has 8 nitrogen and oxygen atoms in total. The molecule has 0 radical (unpaired) electrons. The van der Waals surface area contributed by atoms with Crippen LogP contribution in [0.15, 0.2) is 24.4 Å². The van der Waals surface area contributed by atoms with Crippen molar-refractivity contribution >= 4 is 46.6 Å². The van der Waals surface area contributed by atoms with Crippen LogP contribution in [0.1, 0.15) is 12.8 Å². The van der Waals surface area contributed by atoms with Gasteiger partial charge in [0.05, 0.1) is 11.8 Å². The monoisotopic (exact) mass is 439 g/mol. The maximum absolute atomic E-state index is 12.5. The molecule has 2 aliphatic rings. The molecule has 0 aromatic carbocycles. The second kappa shape index (κ2) is 11.0. The minimum absolute atomic E-state index is 0. The van der Waals surface area contributed by atoms with Crippen LogP contribution in [0.5, 0.6) is 0 Å². The summed E-state index contributed by atoms with van der Waals surface area (Å²) in [6.07, 6.45) is 3.53. The van der Waals surface area contributed by atoms with Gasteiger partial charge in [0.1, 0.15) is 5.82 Å². The van der Waals surface area contributed by atoms with Gasteiger partial charge in [-0.3, -0.25) is 4.79 Å². The maximum Gasteiger partial charge on any atom is 0.237 e. The first-order chi connectivity index (χ1) is 12.1. The van der Waals surface area contributed by atoms with Crippen LogP contribution in [0.25, 0.3) is 0 Å². The van der Waals surface area contributed by atoms with Gasteiger partial charge in [-0.2, -0.15) is 4.31 Å². The molecule has 0 spiro atoms. The maximum atomic E-state index is 12.5. The summed E-state index contributed by atoms with van der Waals surface area (Å²) in [5.41, 5.74) is 0. The number of carbonyl (C=O) groups excluding carboxylic acids is 1. The molecular weight excluding hydrogens is 413 g/mol. The molecular formula is C16H27Cl2N5O3S.